The van der Waals surface area contributed by atoms with Crippen molar-refractivity contribution in [3.63, 3.8) is 0 Å². The molecule has 19 heavy (non-hydrogen) atoms. The lowest BCUT2D eigenvalue weighted by Gasteiger charge is -2.09. The minimum atomic E-state index is -0.412. The minimum Gasteiger partial charge on any atom is -0.380 e. The van der Waals surface area contributed by atoms with E-state index in [1.165, 1.54) is 12.1 Å². The zero-order valence-electron chi connectivity index (χ0n) is 9.77. The number of nitrogens with one attached hydrogen (secondary N) is 1. The van der Waals surface area contributed by atoms with E-state index in [4.69, 9.17) is 11.6 Å². The Morgan fingerprint density at radius 1 is 1.21 bits per heavy atom. The number of nitro groups is 1. The molecule has 0 aliphatic heterocycles. The Morgan fingerprint density at radius 3 is 2.53 bits per heavy atom. The van der Waals surface area contributed by atoms with Gasteiger partial charge in [0.05, 0.1) is 10.6 Å². The molecule has 0 saturated heterocycles. The molecule has 0 aliphatic carbocycles. The number of hydrogen-bond donors (Lipinski definition) is 1. The molecule has 1 N–H and O–H groups in total. The number of halogens is 2. The van der Waals surface area contributed by atoms with Crippen LogP contribution in [0.4, 0.5) is 11.4 Å². The van der Waals surface area contributed by atoms with Gasteiger partial charge in [0.25, 0.3) is 5.69 Å². The molecule has 0 fully saturated rings. The number of nitro benzene ring substituents is 1. The van der Waals surface area contributed by atoms with Crippen LogP contribution in [-0.2, 0) is 6.54 Å². The third-order valence-corrected chi connectivity index (χ3v) is 3.49. The SMILES string of the molecule is O=[N+]([O-])c1ccc(CNc2cc(Cl)ccc2Br)cc1. The minimum absolute atomic E-state index is 0.0905. The molecule has 0 aromatic heterocycles. The van der Waals surface area contributed by atoms with E-state index in [1.807, 2.05) is 12.1 Å². The topological polar surface area (TPSA) is 55.2 Å². The van der Waals surface area contributed by atoms with Crippen LogP contribution in [0.5, 0.6) is 0 Å². The van der Waals surface area contributed by atoms with Gasteiger partial charge in [-0.3, -0.25) is 10.1 Å². The lowest BCUT2D eigenvalue weighted by atomic mass is 10.2. The molecule has 6 heteroatoms. The zero-order chi connectivity index (χ0) is 13.8. The summed E-state index contributed by atoms with van der Waals surface area (Å²) in [5.41, 5.74) is 1.93. The molecule has 98 valence electrons. The maximum absolute atomic E-state index is 10.5. The third kappa shape index (κ3) is 3.68. The molecule has 2 aromatic rings. The van der Waals surface area contributed by atoms with Gasteiger partial charge in [0.1, 0.15) is 0 Å². The Morgan fingerprint density at radius 2 is 1.89 bits per heavy atom. The zero-order valence-corrected chi connectivity index (χ0v) is 12.1. The van der Waals surface area contributed by atoms with Crippen molar-refractivity contribution in [2.24, 2.45) is 0 Å². The van der Waals surface area contributed by atoms with Crippen molar-refractivity contribution in [1.82, 2.24) is 0 Å². The fraction of sp³-hybridized carbons (Fsp3) is 0.0769. The van der Waals surface area contributed by atoms with E-state index in [1.54, 1.807) is 18.2 Å². The van der Waals surface area contributed by atoms with Gasteiger partial charge in [0.2, 0.25) is 0 Å². The predicted molar refractivity (Wildman–Crippen MR) is 79.6 cm³/mol. The Labute approximate surface area is 123 Å². The third-order valence-electron chi connectivity index (χ3n) is 2.56. The quantitative estimate of drug-likeness (QED) is 0.652. The first kappa shape index (κ1) is 13.8. The van der Waals surface area contributed by atoms with Crippen molar-refractivity contribution < 1.29 is 4.92 Å². The highest BCUT2D eigenvalue weighted by Gasteiger charge is 2.04. The van der Waals surface area contributed by atoms with Gasteiger partial charge < -0.3 is 5.32 Å². The highest BCUT2D eigenvalue weighted by molar-refractivity contribution is 9.10. The number of non-ortho nitro benzene ring substituents is 1. The van der Waals surface area contributed by atoms with Crippen molar-refractivity contribution in [2.45, 2.75) is 6.54 Å². The Kier molecular flexibility index (Phi) is 4.39. The Balaban J connectivity index is 2.06. The van der Waals surface area contributed by atoms with Crippen LogP contribution in [0.2, 0.25) is 5.02 Å². The Hall–Kier alpha value is -1.59. The lowest BCUT2D eigenvalue weighted by Crippen LogP contribution is -2.00. The molecule has 0 spiro atoms. The molecule has 2 aromatic carbocycles. The van der Waals surface area contributed by atoms with E-state index < -0.39 is 4.92 Å². The first-order valence-corrected chi connectivity index (χ1v) is 6.65. The second-order valence-corrected chi connectivity index (χ2v) is 5.19. The van der Waals surface area contributed by atoms with Crippen molar-refractivity contribution >= 4 is 38.9 Å². The van der Waals surface area contributed by atoms with E-state index in [-0.39, 0.29) is 5.69 Å². The van der Waals surface area contributed by atoms with Gasteiger partial charge in [-0.25, -0.2) is 0 Å². The Bertz CT molecular complexity index is 602. The van der Waals surface area contributed by atoms with Crippen molar-refractivity contribution in [3.8, 4) is 0 Å². The van der Waals surface area contributed by atoms with Crippen LogP contribution >= 0.6 is 27.5 Å². The van der Waals surface area contributed by atoms with Crippen molar-refractivity contribution in [1.29, 1.82) is 0 Å². The largest absolute Gasteiger partial charge is 0.380 e. The van der Waals surface area contributed by atoms with Gasteiger partial charge in [-0.2, -0.15) is 0 Å². The second kappa shape index (κ2) is 6.04. The molecule has 2 rings (SSSR count). The molecule has 0 saturated carbocycles. The standard InChI is InChI=1S/C13H10BrClN2O2/c14-12-6-3-10(15)7-13(12)16-8-9-1-4-11(5-2-9)17(18)19/h1-7,16H,8H2. The van der Waals surface area contributed by atoms with Gasteiger partial charge in [-0.15, -0.1) is 0 Å². The molecular formula is C13H10BrClN2O2. The molecule has 4 nitrogen and oxygen atoms in total. The first-order chi connectivity index (χ1) is 9.06. The molecule has 0 amide bonds. The fourth-order valence-electron chi connectivity index (χ4n) is 1.57. The number of hydrogen-bond acceptors (Lipinski definition) is 3. The average molecular weight is 342 g/mol. The summed E-state index contributed by atoms with van der Waals surface area (Å²) in [5.74, 6) is 0. The van der Waals surface area contributed by atoms with Crippen molar-refractivity contribution in [2.75, 3.05) is 5.32 Å². The highest BCUT2D eigenvalue weighted by Crippen LogP contribution is 2.26. The number of rotatable bonds is 4. The van der Waals surface area contributed by atoms with E-state index in [0.717, 1.165) is 15.7 Å². The van der Waals surface area contributed by atoms with E-state index in [9.17, 15) is 10.1 Å². The predicted octanol–water partition coefficient (Wildman–Crippen LogP) is 4.62. The summed E-state index contributed by atoms with van der Waals surface area (Å²) in [7, 11) is 0. The van der Waals surface area contributed by atoms with Crippen LogP contribution in [0.15, 0.2) is 46.9 Å². The molecule has 0 aliphatic rings. The summed E-state index contributed by atoms with van der Waals surface area (Å²) in [6.07, 6.45) is 0. The van der Waals surface area contributed by atoms with Gasteiger partial charge in [-0.05, 0) is 39.7 Å². The number of anilines is 1. The molecule has 0 bridgehead atoms. The molecule has 0 heterocycles. The number of nitrogens with zero attached hydrogens (tertiary/aromatic N) is 1. The van der Waals surface area contributed by atoms with Gasteiger partial charge in [-0.1, -0.05) is 23.7 Å². The van der Waals surface area contributed by atoms with Crippen LogP contribution < -0.4 is 5.32 Å². The molecule has 0 radical (unpaired) electrons. The fourth-order valence-corrected chi connectivity index (χ4v) is 2.12. The molecular weight excluding hydrogens is 332 g/mol. The summed E-state index contributed by atoms with van der Waals surface area (Å²) in [5, 5.41) is 14.4. The summed E-state index contributed by atoms with van der Waals surface area (Å²) < 4.78 is 0.916. The van der Waals surface area contributed by atoms with Crippen LogP contribution in [-0.4, -0.2) is 4.92 Å². The summed E-state index contributed by atoms with van der Waals surface area (Å²) in [6, 6.07) is 11.9. The summed E-state index contributed by atoms with van der Waals surface area (Å²) in [4.78, 5) is 10.1. The second-order valence-electron chi connectivity index (χ2n) is 3.90. The van der Waals surface area contributed by atoms with E-state index in [0.29, 0.717) is 11.6 Å². The number of benzene rings is 2. The highest BCUT2D eigenvalue weighted by atomic mass is 79.9. The van der Waals surface area contributed by atoms with Crippen LogP contribution in [0.25, 0.3) is 0 Å². The monoisotopic (exact) mass is 340 g/mol. The molecule has 0 atom stereocenters. The normalized spacial score (nSPS) is 10.2. The van der Waals surface area contributed by atoms with E-state index >= 15 is 0 Å². The average Bonchev–Trinajstić information content (AvgIpc) is 2.40. The van der Waals surface area contributed by atoms with Gasteiger partial charge in [0.15, 0.2) is 0 Å². The van der Waals surface area contributed by atoms with Crippen LogP contribution in [0.1, 0.15) is 5.56 Å². The maximum Gasteiger partial charge on any atom is 0.269 e. The van der Waals surface area contributed by atoms with Crippen LogP contribution in [0, 0.1) is 10.1 Å². The maximum atomic E-state index is 10.5. The summed E-state index contributed by atoms with van der Waals surface area (Å²) in [6.45, 7) is 0.566. The van der Waals surface area contributed by atoms with Gasteiger partial charge in [0, 0.05) is 28.2 Å². The first-order valence-electron chi connectivity index (χ1n) is 5.48. The lowest BCUT2D eigenvalue weighted by molar-refractivity contribution is -0.384. The summed E-state index contributed by atoms with van der Waals surface area (Å²) >= 11 is 9.34. The smallest absolute Gasteiger partial charge is 0.269 e. The van der Waals surface area contributed by atoms with Gasteiger partial charge >= 0.3 is 0 Å². The molecule has 0 unspecified atom stereocenters. The van der Waals surface area contributed by atoms with Crippen molar-refractivity contribution in [3.05, 3.63) is 67.6 Å². The van der Waals surface area contributed by atoms with E-state index in [2.05, 4.69) is 21.2 Å². The van der Waals surface area contributed by atoms with Crippen LogP contribution in [0.3, 0.4) is 0 Å².